The van der Waals surface area contributed by atoms with Crippen LogP contribution in [0.3, 0.4) is 0 Å². The van der Waals surface area contributed by atoms with Crippen LogP contribution in [0.25, 0.3) is 0 Å². The van der Waals surface area contributed by atoms with Crippen molar-refractivity contribution in [2.45, 2.75) is 57.2 Å². The minimum Gasteiger partial charge on any atom is -0.481 e. The Bertz CT molecular complexity index is 283. The number of likely N-dealkylation sites (tertiary alicyclic amines) is 2. The molecule has 17 heavy (non-hydrogen) atoms. The molecule has 2 rings (SSSR count). The van der Waals surface area contributed by atoms with Crippen molar-refractivity contribution in [1.82, 2.24) is 9.80 Å². The second kappa shape index (κ2) is 5.36. The van der Waals surface area contributed by atoms with Gasteiger partial charge in [0, 0.05) is 18.1 Å². The van der Waals surface area contributed by atoms with Gasteiger partial charge in [0.1, 0.15) is 0 Å². The molecule has 0 spiro atoms. The van der Waals surface area contributed by atoms with Crippen molar-refractivity contribution in [2.24, 2.45) is 0 Å². The Hall–Kier alpha value is -0.610. The van der Waals surface area contributed by atoms with E-state index in [0.29, 0.717) is 18.5 Å². The highest BCUT2D eigenvalue weighted by Gasteiger charge is 2.35. The van der Waals surface area contributed by atoms with Crippen LogP contribution in [0.5, 0.6) is 0 Å². The quantitative estimate of drug-likeness (QED) is 0.810. The molecule has 3 atom stereocenters. The van der Waals surface area contributed by atoms with Crippen LogP contribution in [0.4, 0.5) is 0 Å². The van der Waals surface area contributed by atoms with Gasteiger partial charge >= 0.3 is 5.97 Å². The Morgan fingerprint density at radius 1 is 1.35 bits per heavy atom. The van der Waals surface area contributed by atoms with Gasteiger partial charge in [0.2, 0.25) is 0 Å². The van der Waals surface area contributed by atoms with Gasteiger partial charge in [-0.1, -0.05) is 0 Å². The summed E-state index contributed by atoms with van der Waals surface area (Å²) in [7, 11) is 2.18. The number of hydrogen-bond donors (Lipinski definition) is 1. The molecule has 2 fully saturated rings. The summed E-state index contributed by atoms with van der Waals surface area (Å²) in [5, 5.41) is 8.95. The van der Waals surface area contributed by atoms with E-state index in [2.05, 4.69) is 23.8 Å². The average molecular weight is 240 g/mol. The van der Waals surface area contributed by atoms with E-state index in [1.54, 1.807) is 0 Å². The summed E-state index contributed by atoms with van der Waals surface area (Å²) in [6, 6.07) is 1.51. The third-order valence-electron chi connectivity index (χ3n) is 4.48. The predicted octanol–water partition coefficient (Wildman–Crippen LogP) is 1.41. The third-order valence-corrected chi connectivity index (χ3v) is 4.48. The Morgan fingerprint density at radius 2 is 2.12 bits per heavy atom. The molecule has 2 aliphatic rings. The Balaban J connectivity index is 1.94. The van der Waals surface area contributed by atoms with Gasteiger partial charge in [0.25, 0.3) is 0 Å². The molecule has 0 aromatic carbocycles. The van der Waals surface area contributed by atoms with E-state index in [9.17, 15) is 4.79 Å². The molecule has 0 aromatic rings. The molecule has 0 aromatic heterocycles. The Labute approximate surface area is 104 Å². The van der Waals surface area contributed by atoms with Crippen LogP contribution in [0.2, 0.25) is 0 Å². The number of aliphatic carboxylic acids is 1. The summed E-state index contributed by atoms with van der Waals surface area (Å²) in [6.07, 6.45) is 4.93. The van der Waals surface area contributed by atoms with E-state index in [1.807, 2.05) is 0 Å². The van der Waals surface area contributed by atoms with E-state index in [-0.39, 0.29) is 6.04 Å². The van der Waals surface area contributed by atoms with Crippen molar-refractivity contribution >= 4 is 5.97 Å². The molecular weight excluding hydrogens is 216 g/mol. The monoisotopic (exact) mass is 240 g/mol. The molecule has 2 saturated heterocycles. The van der Waals surface area contributed by atoms with Gasteiger partial charge in [-0.15, -0.1) is 0 Å². The number of nitrogens with zero attached hydrogens (tertiary/aromatic N) is 2. The maximum absolute atomic E-state index is 10.9. The fourth-order valence-corrected chi connectivity index (χ4v) is 3.33. The number of piperidine rings is 1. The largest absolute Gasteiger partial charge is 0.481 e. The summed E-state index contributed by atoms with van der Waals surface area (Å²) >= 11 is 0. The summed E-state index contributed by atoms with van der Waals surface area (Å²) in [5.74, 6) is -0.650. The van der Waals surface area contributed by atoms with E-state index >= 15 is 0 Å². The van der Waals surface area contributed by atoms with Crippen molar-refractivity contribution in [2.75, 3.05) is 20.1 Å². The van der Waals surface area contributed by atoms with Crippen LogP contribution in [0.15, 0.2) is 0 Å². The third kappa shape index (κ3) is 2.99. The second-order valence-electron chi connectivity index (χ2n) is 5.64. The van der Waals surface area contributed by atoms with Crippen LogP contribution < -0.4 is 0 Å². The van der Waals surface area contributed by atoms with Crippen molar-refractivity contribution in [3.05, 3.63) is 0 Å². The summed E-state index contributed by atoms with van der Waals surface area (Å²) in [5.41, 5.74) is 0. The number of rotatable bonds is 3. The zero-order valence-corrected chi connectivity index (χ0v) is 10.9. The van der Waals surface area contributed by atoms with Crippen LogP contribution >= 0.6 is 0 Å². The molecule has 0 amide bonds. The lowest BCUT2D eigenvalue weighted by Crippen LogP contribution is -2.49. The molecule has 98 valence electrons. The number of carbonyl (C=O) groups is 1. The molecule has 1 N–H and O–H groups in total. The van der Waals surface area contributed by atoms with Crippen molar-refractivity contribution < 1.29 is 9.90 Å². The van der Waals surface area contributed by atoms with Gasteiger partial charge in [0.05, 0.1) is 6.42 Å². The molecule has 0 saturated carbocycles. The first-order valence-corrected chi connectivity index (χ1v) is 6.75. The lowest BCUT2D eigenvalue weighted by Gasteiger charge is -2.41. The van der Waals surface area contributed by atoms with Crippen molar-refractivity contribution in [3.63, 3.8) is 0 Å². The average Bonchev–Trinajstić information content (AvgIpc) is 2.69. The normalized spacial score (nSPS) is 36.2. The first-order chi connectivity index (χ1) is 8.08. The number of hydrogen-bond acceptors (Lipinski definition) is 3. The zero-order valence-electron chi connectivity index (χ0n) is 10.9. The summed E-state index contributed by atoms with van der Waals surface area (Å²) in [6.45, 7) is 4.51. The van der Waals surface area contributed by atoms with Crippen molar-refractivity contribution in [1.29, 1.82) is 0 Å². The first-order valence-electron chi connectivity index (χ1n) is 6.75. The SMILES string of the molecule is CC1CC(N2CCCC2CC(=O)O)CCN1C. The number of carboxylic acid groups (broad SMARTS) is 1. The Morgan fingerprint density at radius 3 is 2.76 bits per heavy atom. The highest BCUT2D eigenvalue weighted by Crippen LogP contribution is 2.29. The zero-order chi connectivity index (χ0) is 12.4. The molecule has 3 unspecified atom stereocenters. The topological polar surface area (TPSA) is 43.8 Å². The molecular formula is C13H24N2O2. The van der Waals surface area contributed by atoms with Crippen LogP contribution in [-0.2, 0) is 4.79 Å². The van der Waals surface area contributed by atoms with Crippen LogP contribution in [0.1, 0.15) is 39.0 Å². The van der Waals surface area contributed by atoms with Gasteiger partial charge in [-0.3, -0.25) is 9.69 Å². The minimum atomic E-state index is -0.650. The molecule has 0 aliphatic carbocycles. The first kappa shape index (κ1) is 12.8. The standard InChI is InChI=1S/C13H24N2O2/c1-10-8-12(5-7-14(10)2)15-6-3-4-11(15)9-13(16)17/h10-12H,3-9H2,1-2H3,(H,16,17). The molecule has 4 nitrogen and oxygen atoms in total. The molecule has 0 radical (unpaired) electrons. The lowest BCUT2D eigenvalue weighted by atomic mass is 9.96. The van der Waals surface area contributed by atoms with E-state index in [1.165, 1.54) is 19.3 Å². The van der Waals surface area contributed by atoms with Crippen LogP contribution in [-0.4, -0.2) is 59.1 Å². The minimum absolute atomic E-state index is 0.285. The fourth-order valence-electron chi connectivity index (χ4n) is 3.33. The lowest BCUT2D eigenvalue weighted by molar-refractivity contribution is -0.138. The van der Waals surface area contributed by atoms with Gasteiger partial charge in [-0.25, -0.2) is 0 Å². The molecule has 0 bridgehead atoms. The molecule has 2 aliphatic heterocycles. The maximum Gasteiger partial charge on any atom is 0.304 e. The second-order valence-corrected chi connectivity index (χ2v) is 5.64. The van der Waals surface area contributed by atoms with E-state index < -0.39 is 5.97 Å². The fraction of sp³-hybridized carbons (Fsp3) is 0.923. The number of carboxylic acids is 1. The van der Waals surface area contributed by atoms with E-state index in [0.717, 1.165) is 19.5 Å². The Kier molecular flexibility index (Phi) is 4.05. The predicted molar refractivity (Wildman–Crippen MR) is 67.1 cm³/mol. The molecule has 2 heterocycles. The van der Waals surface area contributed by atoms with Gasteiger partial charge in [-0.05, 0) is 52.7 Å². The highest BCUT2D eigenvalue weighted by atomic mass is 16.4. The molecule has 4 heteroatoms. The van der Waals surface area contributed by atoms with Gasteiger partial charge < -0.3 is 10.0 Å². The van der Waals surface area contributed by atoms with Gasteiger partial charge in [0.15, 0.2) is 0 Å². The van der Waals surface area contributed by atoms with Crippen LogP contribution in [0, 0.1) is 0 Å². The van der Waals surface area contributed by atoms with E-state index in [4.69, 9.17) is 5.11 Å². The summed E-state index contributed by atoms with van der Waals surface area (Å²) < 4.78 is 0. The highest BCUT2D eigenvalue weighted by molar-refractivity contribution is 5.67. The maximum atomic E-state index is 10.9. The van der Waals surface area contributed by atoms with Crippen molar-refractivity contribution in [3.8, 4) is 0 Å². The smallest absolute Gasteiger partial charge is 0.304 e. The summed E-state index contributed by atoms with van der Waals surface area (Å²) in [4.78, 5) is 15.7. The van der Waals surface area contributed by atoms with Gasteiger partial charge in [-0.2, -0.15) is 0 Å².